The predicted octanol–water partition coefficient (Wildman–Crippen LogP) is 4.23. The first-order valence-electron chi connectivity index (χ1n) is 6.12. The Kier molecular flexibility index (Phi) is 3.39. The van der Waals surface area contributed by atoms with Crippen LogP contribution in [0.1, 0.15) is 5.56 Å². The van der Waals surface area contributed by atoms with E-state index in [1.54, 1.807) is 0 Å². The minimum absolute atomic E-state index is 0.439. The van der Waals surface area contributed by atoms with Gasteiger partial charge in [0, 0.05) is 5.02 Å². The van der Waals surface area contributed by atoms with Crippen molar-refractivity contribution in [2.75, 3.05) is 0 Å². The van der Waals surface area contributed by atoms with Crippen LogP contribution in [0.2, 0.25) is 5.02 Å². The third-order valence-corrected chi connectivity index (χ3v) is 3.36. The summed E-state index contributed by atoms with van der Waals surface area (Å²) in [5.74, 6) is 1.15. The highest BCUT2D eigenvalue weighted by Crippen LogP contribution is 2.28. The molecule has 0 fully saturated rings. The molecule has 1 aromatic heterocycles. The number of hydrogen-bond donors (Lipinski definition) is 1. The summed E-state index contributed by atoms with van der Waals surface area (Å²) in [5, 5.41) is 10.8. The molecule has 0 spiro atoms. The SMILES string of the molecule is Cc1cc(-c2cccc(Oc3cn[nH]n3)c2)ccc1Cl. The smallest absolute Gasteiger partial charge is 0.258 e. The van der Waals surface area contributed by atoms with Crippen LogP contribution >= 0.6 is 11.6 Å². The number of hydrogen-bond acceptors (Lipinski definition) is 3. The van der Waals surface area contributed by atoms with Gasteiger partial charge in [-0.15, -0.1) is 5.10 Å². The van der Waals surface area contributed by atoms with E-state index in [1.807, 2.05) is 43.3 Å². The molecule has 1 N–H and O–H groups in total. The molecule has 0 radical (unpaired) electrons. The summed E-state index contributed by atoms with van der Waals surface area (Å²) < 4.78 is 5.60. The van der Waals surface area contributed by atoms with Gasteiger partial charge in [0.15, 0.2) is 0 Å². The third kappa shape index (κ3) is 2.65. The molecule has 0 unspecified atom stereocenters. The van der Waals surface area contributed by atoms with Crippen LogP contribution in [0.15, 0.2) is 48.7 Å². The molecule has 0 amide bonds. The fraction of sp³-hybridized carbons (Fsp3) is 0.0667. The second-order valence-corrected chi connectivity index (χ2v) is 4.81. The standard InChI is InChI=1S/C15H12ClN3O/c1-10-7-12(5-6-14(10)16)11-3-2-4-13(8-11)20-15-9-17-19-18-15/h2-9H,1H3,(H,17,18,19). The van der Waals surface area contributed by atoms with Crippen LogP contribution < -0.4 is 4.74 Å². The summed E-state index contributed by atoms with van der Waals surface area (Å²) in [6.07, 6.45) is 1.53. The number of nitrogens with zero attached hydrogens (tertiary/aromatic N) is 2. The molecule has 1 heterocycles. The van der Waals surface area contributed by atoms with E-state index in [2.05, 4.69) is 21.5 Å². The van der Waals surface area contributed by atoms with Crippen molar-refractivity contribution >= 4 is 11.6 Å². The highest BCUT2D eigenvalue weighted by Gasteiger charge is 2.04. The highest BCUT2D eigenvalue weighted by molar-refractivity contribution is 6.31. The topological polar surface area (TPSA) is 50.8 Å². The quantitative estimate of drug-likeness (QED) is 0.783. The molecular weight excluding hydrogens is 274 g/mol. The number of aryl methyl sites for hydroxylation is 1. The Labute approximate surface area is 121 Å². The van der Waals surface area contributed by atoms with Gasteiger partial charge in [-0.3, -0.25) is 0 Å². The first kappa shape index (κ1) is 12.7. The van der Waals surface area contributed by atoms with Gasteiger partial charge in [0.05, 0.1) is 0 Å². The van der Waals surface area contributed by atoms with E-state index in [9.17, 15) is 0 Å². The van der Waals surface area contributed by atoms with Crippen molar-refractivity contribution in [2.45, 2.75) is 6.92 Å². The lowest BCUT2D eigenvalue weighted by Crippen LogP contribution is -1.86. The average molecular weight is 286 g/mol. The van der Waals surface area contributed by atoms with Crippen molar-refractivity contribution in [1.82, 2.24) is 15.4 Å². The summed E-state index contributed by atoms with van der Waals surface area (Å²) in [6.45, 7) is 1.99. The van der Waals surface area contributed by atoms with E-state index >= 15 is 0 Å². The summed E-state index contributed by atoms with van der Waals surface area (Å²) in [7, 11) is 0. The second-order valence-electron chi connectivity index (χ2n) is 4.40. The van der Waals surface area contributed by atoms with E-state index < -0.39 is 0 Å². The lowest BCUT2D eigenvalue weighted by molar-refractivity contribution is 0.462. The Bertz CT molecular complexity index is 726. The van der Waals surface area contributed by atoms with Crippen LogP contribution in [0, 0.1) is 6.92 Å². The largest absolute Gasteiger partial charge is 0.436 e. The monoisotopic (exact) mass is 285 g/mol. The molecule has 2 aromatic carbocycles. The Morgan fingerprint density at radius 1 is 1.10 bits per heavy atom. The molecule has 0 atom stereocenters. The van der Waals surface area contributed by atoms with Gasteiger partial charge in [0.25, 0.3) is 5.88 Å². The van der Waals surface area contributed by atoms with Gasteiger partial charge >= 0.3 is 0 Å². The van der Waals surface area contributed by atoms with Crippen molar-refractivity contribution in [3.05, 3.63) is 59.2 Å². The van der Waals surface area contributed by atoms with Crippen LogP contribution in [0.3, 0.4) is 0 Å². The zero-order valence-corrected chi connectivity index (χ0v) is 11.6. The van der Waals surface area contributed by atoms with E-state index in [1.165, 1.54) is 6.20 Å². The van der Waals surface area contributed by atoms with Gasteiger partial charge in [-0.2, -0.15) is 10.3 Å². The zero-order chi connectivity index (χ0) is 13.9. The summed E-state index contributed by atoms with van der Waals surface area (Å²) in [5.41, 5.74) is 3.20. The Balaban J connectivity index is 1.92. The number of nitrogens with one attached hydrogen (secondary N) is 1. The van der Waals surface area contributed by atoms with Crippen molar-refractivity contribution in [1.29, 1.82) is 0 Å². The number of ether oxygens (including phenoxy) is 1. The van der Waals surface area contributed by atoms with E-state index in [0.717, 1.165) is 21.7 Å². The third-order valence-electron chi connectivity index (χ3n) is 2.94. The summed E-state index contributed by atoms with van der Waals surface area (Å²) in [4.78, 5) is 0. The average Bonchev–Trinajstić information content (AvgIpc) is 2.95. The Hall–Kier alpha value is -2.33. The number of aromatic nitrogens is 3. The van der Waals surface area contributed by atoms with Crippen LogP contribution in [0.4, 0.5) is 0 Å². The zero-order valence-electron chi connectivity index (χ0n) is 10.8. The molecule has 0 aliphatic rings. The minimum atomic E-state index is 0.439. The van der Waals surface area contributed by atoms with Crippen LogP contribution in [-0.2, 0) is 0 Å². The molecule has 0 saturated carbocycles. The number of halogens is 1. The van der Waals surface area contributed by atoms with Crippen LogP contribution in [0.5, 0.6) is 11.6 Å². The van der Waals surface area contributed by atoms with Crippen LogP contribution in [0.25, 0.3) is 11.1 Å². The van der Waals surface area contributed by atoms with Crippen molar-refractivity contribution < 1.29 is 4.74 Å². The number of benzene rings is 2. The molecule has 0 aliphatic heterocycles. The fourth-order valence-corrected chi connectivity index (χ4v) is 2.04. The highest BCUT2D eigenvalue weighted by atomic mass is 35.5. The molecule has 0 bridgehead atoms. The number of rotatable bonds is 3. The molecule has 0 aliphatic carbocycles. The van der Waals surface area contributed by atoms with Gasteiger partial charge in [-0.05, 0) is 47.9 Å². The maximum atomic E-state index is 6.05. The molecule has 4 nitrogen and oxygen atoms in total. The summed E-state index contributed by atoms with van der Waals surface area (Å²) in [6, 6.07) is 13.7. The van der Waals surface area contributed by atoms with Gasteiger partial charge < -0.3 is 4.74 Å². The number of H-pyrrole nitrogens is 1. The van der Waals surface area contributed by atoms with Crippen molar-refractivity contribution in [3.8, 4) is 22.8 Å². The number of aromatic amines is 1. The van der Waals surface area contributed by atoms with Crippen molar-refractivity contribution in [2.24, 2.45) is 0 Å². The Morgan fingerprint density at radius 2 is 1.95 bits per heavy atom. The summed E-state index contributed by atoms with van der Waals surface area (Å²) >= 11 is 6.05. The normalized spacial score (nSPS) is 10.5. The van der Waals surface area contributed by atoms with Gasteiger partial charge in [0.2, 0.25) is 0 Å². The molecule has 20 heavy (non-hydrogen) atoms. The predicted molar refractivity (Wildman–Crippen MR) is 78.1 cm³/mol. The van der Waals surface area contributed by atoms with Crippen LogP contribution in [-0.4, -0.2) is 15.4 Å². The molecular formula is C15H12ClN3O. The second kappa shape index (κ2) is 5.35. The minimum Gasteiger partial charge on any atom is -0.436 e. The molecule has 100 valence electrons. The lowest BCUT2D eigenvalue weighted by Gasteiger charge is -2.07. The maximum absolute atomic E-state index is 6.05. The fourth-order valence-electron chi connectivity index (χ4n) is 1.92. The van der Waals surface area contributed by atoms with E-state index in [0.29, 0.717) is 11.6 Å². The lowest BCUT2D eigenvalue weighted by atomic mass is 10.0. The van der Waals surface area contributed by atoms with Gasteiger partial charge in [-0.1, -0.05) is 29.8 Å². The molecule has 5 heteroatoms. The molecule has 3 aromatic rings. The Morgan fingerprint density at radius 3 is 2.70 bits per heavy atom. The molecule has 3 rings (SSSR count). The maximum Gasteiger partial charge on any atom is 0.258 e. The first-order valence-corrected chi connectivity index (χ1v) is 6.50. The molecule has 0 saturated heterocycles. The first-order chi connectivity index (χ1) is 9.72. The van der Waals surface area contributed by atoms with E-state index in [-0.39, 0.29) is 0 Å². The van der Waals surface area contributed by atoms with Gasteiger partial charge in [-0.25, -0.2) is 0 Å². The van der Waals surface area contributed by atoms with E-state index in [4.69, 9.17) is 16.3 Å². The van der Waals surface area contributed by atoms with Crippen molar-refractivity contribution in [3.63, 3.8) is 0 Å². The van der Waals surface area contributed by atoms with Gasteiger partial charge in [0.1, 0.15) is 11.9 Å².